The van der Waals surface area contributed by atoms with E-state index < -0.39 is 34.2 Å². The van der Waals surface area contributed by atoms with Crippen molar-refractivity contribution in [3.8, 4) is 0 Å². The van der Waals surface area contributed by atoms with Crippen LogP contribution in [0, 0.1) is 17.8 Å². The number of esters is 1. The number of aliphatic hydroxyl groups excluding tert-OH is 1. The van der Waals surface area contributed by atoms with Crippen LogP contribution in [-0.2, 0) is 19.1 Å². The quantitative estimate of drug-likeness (QED) is 0.495. The van der Waals surface area contributed by atoms with E-state index in [1.807, 2.05) is 63.8 Å². The van der Waals surface area contributed by atoms with E-state index in [2.05, 4.69) is 0 Å². The highest BCUT2D eigenvalue weighted by Crippen LogP contribution is 2.61. The molecule has 0 radical (unpaired) electrons. The first kappa shape index (κ1) is 24.3. The molecule has 0 aliphatic carbocycles. The van der Waals surface area contributed by atoms with Gasteiger partial charge in [0.05, 0.1) is 35.8 Å². The zero-order chi connectivity index (χ0) is 24.1. The number of carbonyl (C=O) groups excluding carboxylic acids is 3. The maximum atomic E-state index is 14.2. The first-order valence-electron chi connectivity index (χ1n) is 12.0. The number of nitrogens with zero attached hydrogens (tertiary/aromatic N) is 2. The lowest BCUT2D eigenvalue weighted by Crippen LogP contribution is -2.60. The number of likely N-dealkylation sites (tertiary alicyclic amines) is 1. The van der Waals surface area contributed by atoms with Crippen molar-refractivity contribution < 1.29 is 24.2 Å². The van der Waals surface area contributed by atoms with Crippen molar-refractivity contribution in [2.75, 3.05) is 19.8 Å². The topological polar surface area (TPSA) is 87.2 Å². The van der Waals surface area contributed by atoms with Gasteiger partial charge in [-0.05, 0) is 33.1 Å². The van der Waals surface area contributed by atoms with Gasteiger partial charge in [0.1, 0.15) is 6.04 Å². The van der Waals surface area contributed by atoms with Crippen molar-refractivity contribution in [2.45, 2.75) is 75.1 Å². The summed E-state index contributed by atoms with van der Waals surface area (Å²) in [6.07, 6.45) is 9.41. The number of cyclic esters (lactones) is 1. The lowest BCUT2D eigenvalue weighted by atomic mass is 9.78. The Kier molecular flexibility index (Phi) is 6.46. The number of hydrogen-bond donors (Lipinski definition) is 1. The zero-order valence-corrected chi connectivity index (χ0v) is 21.0. The number of thioether (sulfide) groups is 1. The lowest BCUT2D eigenvalue weighted by Gasteiger charge is -2.43. The Morgan fingerprint density at radius 2 is 1.97 bits per heavy atom. The Bertz CT molecular complexity index is 881. The normalized spacial score (nSPS) is 35.9. The summed E-state index contributed by atoms with van der Waals surface area (Å²) in [6.45, 7) is 10.5. The second-order valence-corrected chi connectivity index (χ2v) is 12.1. The molecule has 4 aliphatic heterocycles. The molecule has 1 spiro atoms. The van der Waals surface area contributed by atoms with Crippen molar-refractivity contribution in [3.05, 3.63) is 24.3 Å². The number of amides is 2. The van der Waals surface area contributed by atoms with Gasteiger partial charge in [0.2, 0.25) is 11.8 Å². The van der Waals surface area contributed by atoms with Crippen LogP contribution in [0.2, 0.25) is 0 Å². The third kappa shape index (κ3) is 3.73. The van der Waals surface area contributed by atoms with E-state index in [-0.39, 0.29) is 35.6 Å². The Morgan fingerprint density at radius 1 is 1.24 bits per heavy atom. The van der Waals surface area contributed by atoms with Crippen LogP contribution in [-0.4, -0.2) is 80.1 Å². The van der Waals surface area contributed by atoms with E-state index in [9.17, 15) is 19.5 Å². The summed E-state index contributed by atoms with van der Waals surface area (Å²) in [5.41, 5.74) is -0.436. The molecule has 0 aromatic heterocycles. The standard InChI is InChI=1S/C25H36N2O5S/c1-6-15(2)16(14-28)27-20-22(30)26(24(3,4)5)12-9-11-25(20)19(21(27)29)18-17(33-25)10-7-8-13-32-23(18)31/h7,9-11,15-20,28H,6,8,12-14H2,1-5H3/t15-,16-,17-,18+,19-,20?,25-/m0/s1. The maximum absolute atomic E-state index is 14.2. The van der Waals surface area contributed by atoms with Gasteiger partial charge in [0, 0.05) is 17.3 Å². The molecule has 7 nitrogen and oxygen atoms in total. The van der Waals surface area contributed by atoms with Crippen molar-refractivity contribution in [1.29, 1.82) is 0 Å². The molecular weight excluding hydrogens is 440 g/mol. The van der Waals surface area contributed by atoms with E-state index in [0.717, 1.165) is 6.42 Å². The van der Waals surface area contributed by atoms with Gasteiger partial charge >= 0.3 is 5.97 Å². The highest BCUT2D eigenvalue weighted by molar-refractivity contribution is 8.02. The Hall–Kier alpha value is -1.80. The second kappa shape index (κ2) is 8.77. The predicted octanol–water partition coefficient (Wildman–Crippen LogP) is 2.39. The van der Waals surface area contributed by atoms with Gasteiger partial charge in [-0.25, -0.2) is 0 Å². The molecule has 0 aromatic carbocycles. The molecule has 1 N–H and O–H groups in total. The molecule has 0 bridgehead atoms. The van der Waals surface area contributed by atoms with Crippen LogP contribution in [0.15, 0.2) is 24.3 Å². The van der Waals surface area contributed by atoms with Crippen LogP contribution >= 0.6 is 11.8 Å². The molecule has 0 aromatic rings. The minimum Gasteiger partial charge on any atom is -0.465 e. The summed E-state index contributed by atoms with van der Waals surface area (Å²) < 4.78 is 4.63. The van der Waals surface area contributed by atoms with Gasteiger partial charge in [-0.1, -0.05) is 44.6 Å². The van der Waals surface area contributed by atoms with Crippen LogP contribution in [0.4, 0.5) is 0 Å². The largest absolute Gasteiger partial charge is 0.465 e. The number of hydrogen-bond acceptors (Lipinski definition) is 6. The van der Waals surface area contributed by atoms with E-state index in [0.29, 0.717) is 19.6 Å². The van der Waals surface area contributed by atoms with Crippen molar-refractivity contribution in [3.63, 3.8) is 0 Å². The molecule has 33 heavy (non-hydrogen) atoms. The van der Waals surface area contributed by atoms with Crippen LogP contribution in [0.1, 0.15) is 47.5 Å². The molecule has 2 saturated heterocycles. The van der Waals surface area contributed by atoms with Crippen LogP contribution < -0.4 is 0 Å². The average molecular weight is 477 g/mol. The highest BCUT2D eigenvalue weighted by atomic mass is 32.2. The molecule has 4 heterocycles. The summed E-state index contributed by atoms with van der Waals surface area (Å²) in [4.78, 5) is 44.9. The fraction of sp³-hybridized carbons (Fsp3) is 0.720. The summed E-state index contributed by atoms with van der Waals surface area (Å²) in [5.74, 6) is -2.06. The number of rotatable bonds is 4. The predicted molar refractivity (Wildman–Crippen MR) is 127 cm³/mol. The monoisotopic (exact) mass is 476 g/mol. The highest BCUT2D eigenvalue weighted by Gasteiger charge is 2.72. The van der Waals surface area contributed by atoms with E-state index >= 15 is 0 Å². The molecule has 0 saturated carbocycles. The van der Waals surface area contributed by atoms with Gasteiger partial charge in [-0.3, -0.25) is 14.4 Å². The maximum Gasteiger partial charge on any atom is 0.311 e. The molecule has 2 fully saturated rings. The molecule has 4 rings (SSSR count). The van der Waals surface area contributed by atoms with Gasteiger partial charge in [-0.15, -0.1) is 11.8 Å². The third-order valence-electron chi connectivity index (χ3n) is 7.71. The van der Waals surface area contributed by atoms with Crippen molar-refractivity contribution in [1.82, 2.24) is 9.80 Å². The van der Waals surface area contributed by atoms with Crippen molar-refractivity contribution in [2.24, 2.45) is 17.8 Å². The second-order valence-electron chi connectivity index (χ2n) is 10.6. The molecule has 4 aliphatic rings. The Morgan fingerprint density at radius 3 is 2.61 bits per heavy atom. The summed E-state index contributed by atoms with van der Waals surface area (Å²) in [7, 11) is 0. The van der Waals surface area contributed by atoms with Gasteiger partial charge in [0.15, 0.2) is 0 Å². The SMILES string of the molecule is CC[C@H](C)[C@H](CO)N1C(=O)[C@@H]2[C@@H]3C(=O)OCCC=C[C@@H]3S[C@@]23C=CCN(C(C)(C)C)C(=O)C13. The number of carbonyl (C=O) groups is 3. The molecular formula is C25H36N2O5S. The molecule has 2 amide bonds. The van der Waals surface area contributed by atoms with Crippen LogP contribution in [0.5, 0.6) is 0 Å². The summed E-state index contributed by atoms with van der Waals surface area (Å²) in [5, 5.41) is 10.1. The Labute approximate surface area is 200 Å². The van der Waals surface area contributed by atoms with Gasteiger partial charge in [0.25, 0.3) is 0 Å². The third-order valence-corrected chi connectivity index (χ3v) is 9.46. The van der Waals surface area contributed by atoms with Gasteiger partial charge < -0.3 is 19.6 Å². The fourth-order valence-corrected chi connectivity index (χ4v) is 7.81. The number of ether oxygens (including phenoxy) is 1. The summed E-state index contributed by atoms with van der Waals surface area (Å²) >= 11 is 1.54. The van der Waals surface area contributed by atoms with E-state index in [1.165, 1.54) is 0 Å². The van der Waals surface area contributed by atoms with Crippen molar-refractivity contribution >= 4 is 29.5 Å². The number of aliphatic hydroxyl groups is 1. The molecule has 1 unspecified atom stereocenters. The van der Waals surface area contributed by atoms with E-state index in [1.54, 1.807) is 16.7 Å². The smallest absolute Gasteiger partial charge is 0.311 e. The number of fused-ring (bicyclic) bond motifs is 2. The minimum absolute atomic E-state index is 0.00271. The first-order valence-corrected chi connectivity index (χ1v) is 12.9. The average Bonchev–Trinajstić information content (AvgIpc) is 3.11. The zero-order valence-electron chi connectivity index (χ0n) is 20.2. The molecule has 8 heteroatoms. The molecule has 7 atom stereocenters. The first-order chi connectivity index (χ1) is 15.6. The minimum atomic E-state index is -0.877. The van der Waals surface area contributed by atoms with Crippen LogP contribution in [0.25, 0.3) is 0 Å². The Balaban J connectivity index is 1.89. The molecule has 182 valence electrons. The van der Waals surface area contributed by atoms with Gasteiger partial charge in [-0.2, -0.15) is 0 Å². The van der Waals surface area contributed by atoms with Crippen LogP contribution in [0.3, 0.4) is 0 Å². The lowest BCUT2D eigenvalue weighted by molar-refractivity contribution is -0.154. The summed E-state index contributed by atoms with van der Waals surface area (Å²) in [6, 6.07) is -1.27. The fourth-order valence-electron chi connectivity index (χ4n) is 5.82. The van der Waals surface area contributed by atoms with E-state index in [4.69, 9.17) is 4.74 Å².